The van der Waals surface area contributed by atoms with Crippen LogP contribution in [0.25, 0.3) is 21.8 Å². The van der Waals surface area contributed by atoms with Gasteiger partial charge in [0.15, 0.2) is 5.82 Å². The molecule has 2 saturated heterocycles. The van der Waals surface area contributed by atoms with Crippen LogP contribution in [0.1, 0.15) is 13.3 Å². The van der Waals surface area contributed by atoms with Gasteiger partial charge in [-0.25, -0.2) is 14.4 Å². The number of fused-ring (bicyclic) bond motifs is 2. The van der Waals surface area contributed by atoms with Crippen molar-refractivity contribution in [2.45, 2.75) is 25.6 Å². The summed E-state index contributed by atoms with van der Waals surface area (Å²) in [7, 11) is 1.75. The molecule has 2 aliphatic rings. The van der Waals surface area contributed by atoms with Crippen LogP contribution < -0.4 is 15.0 Å². The molecular formula is C27H28FN5O3. The first-order chi connectivity index (χ1) is 17.6. The van der Waals surface area contributed by atoms with Crippen molar-refractivity contribution >= 4 is 39.0 Å². The smallest absolute Gasteiger partial charge is 0.156 e. The zero-order valence-corrected chi connectivity index (χ0v) is 20.3. The molecule has 36 heavy (non-hydrogen) atoms. The Morgan fingerprint density at radius 1 is 1.14 bits per heavy atom. The molecule has 0 radical (unpaired) electrons. The second-order valence-corrected chi connectivity index (χ2v) is 9.40. The molecule has 0 saturated carbocycles. The zero-order chi connectivity index (χ0) is 24.6. The van der Waals surface area contributed by atoms with Crippen LogP contribution >= 0.6 is 0 Å². The van der Waals surface area contributed by atoms with E-state index >= 15 is 4.39 Å². The van der Waals surface area contributed by atoms with Crippen molar-refractivity contribution in [3.63, 3.8) is 0 Å². The fourth-order valence-corrected chi connectivity index (χ4v) is 4.83. The number of aromatic nitrogens is 3. The first-order valence-corrected chi connectivity index (χ1v) is 12.2. The molecule has 4 aromatic rings. The van der Waals surface area contributed by atoms with E-state index in [1.807, 2.05) is 12.1 Å². The van der Waals surface area contributed by atoms with Gasteiger partial charge in [0.2, 0.25) is 0 Å². The number of rotatable bonds is 7. The average molecular weight is 490 g/mol. The van der Waals surface area contributed by atoms with E-state index < -0.39 is 0 Å². The van der Waals surface area contributed by atoms with Gasteiger partial charge in [0, 0.05) is 49.5 Å². The average Bonchev–Trinajstić information content (AvgIpc) is 3.34. The Kier molecular flexibility index (Phi) is 6.02. The maximum atomic E-state index is 15.4. The van der Waals surface area contributed by atoms with E-state index in [2.05, 4.69) is 32.1 Å². The molecule has 0 aliphatic carbocycles. The molecule has 4 heterocycles. The van der Waals surface area contributed by atoms with E-state index in [0.717, 1.165) is 30.7 Å². The number of benzene rings is 2. The van der Waals surface area contributed by atoms with Crippen LogP contribution in [0.5, 0.6) is 5.75 Å². The fourth-order valence-electron chi connectivity index (χ4n) is 4.83. The minimum Gasteiger partial charge on any atom is -0.489 e. The van der Waals surface area contributed by atoms with E-state index in [4.69, 9.17) is 14.2 Å². The molecule has 0 bridgehead atoms. The minimum absolute atomic E-state index is 0.0564. The van der Waals surface area contributed by atoms with Gasteiger partial charge in [-0.1, -0.05) is 0 Å². The van der Waals surface area contributed by atoms with Crippen molar-refractivity contribution in [3.8, 4) is 5.75 Å². The summed E-state index contributed by atoms with van der Waals surface area (Å²) in [5.74, 6) is 1.08. The molecule has 2 aliphatic heterocycles. The first-order valence-electron chi connectivity index (χ1n) is 12.2. The molecule has 9 heteroatoms. The zero-order valence-electron chi connectivity index (χ0n) is 20.3. The molecule has 0 amide bonds. The lowest BCUT2D eigenvalue weighted by atomic mass is 10.0. The molecule has 2 aromatic heterocycles. The van der Waals surface area contributed by atoms with E-state index in [0.29, 0.717) is 52.7 Å². The monoisotopic (exact) mass is 489 g/mol. The largest absolute Gasteiger partial charge is 0.489 e. The van der Waals surface area contributed by atoms with E-state index in [1.54, 1.807) is 37.6 Å². The first kappa shape index (κ1) is 22.9. The third-order valence-corrected chi connectivity index (χ3v) is 7.14. The molecule has 2 atom stereocenters. The van der Waals surface area contributed by atoms with Crippen molar-refractivity contribution < 1.29 is 18.6 Å². The topological polar surface area (TPSA) is 81.6 Å². The predicted molar refractivity (Wildman–Crippen MR) is 137 cm³/mol. The summed E-state index contributed by atoms with van der Waals surface area (Å²) in [6, 6.07) is 11.0. The number of hydrogen-bond donors (Lipinski definition) is 1. The lowest BCUT2D eigenvalue weighted by molar-refractivity contribution is -0.0773. The fraction of sp³-hybridized carbons (Fsp3) is 0.370. The number of methoxy groups -OCH3 is 1. The van der Waals surface area contributed by atoms with Gasteiger partial charge in [0.05, 0.1) is 41.4 Å². The van der Waals surface area contributed by atoms with Gasteiger partial charge in [0.25, 0.3) is 0 Å². The normalized spacial score (nSPS) is 19.0. The van der Waals surface area contributed by atoms with Crippen molar-refractivity contribution in [3.05, 3.63) is 54.7 Å². The van der Waals surface area contributed by atoms with Crippen LogP contribution in [0.4, 0.5) is 21.6 Å². The van der Waals surface area contributed by atoms with Crippen LogP contribution in [0.2, 0.25) is 0 Å². The summed E-state index contributed by atoms with van der Waals surface area (Å²) < 4.78 is 32.8. The summed E-state index contributed by atoms with van der Waals surface area (Å²) in [5.41, 5.74) is 2.65. The Balaban J connectivity index is 1.42. The third kappa shape index (κ3) is 4.18. The second-order valence-electron chi connectivity index (χ2n) is 9.40. The van der Waals surface area contributed by atoms with Crippen molar-refractivity contribution in [1.82, 2.24) is 15.0 Å². The van der Waals surface area contributed by atoms with Gasteiger partial charge < -0.3 is 24.4 Å². The molecule has 2 fully saturated rings. The quantitative estimate of drug-likeness (QED) is 0.400. The summed E-state index contributed by atoms with van der Waals surface area (Å²) >= 11 is 0. The minimum atomic E-state index is -0.380. The van der Waals surface area contributed by atoms with Gasteiger partial charge in [-0.2, -0.15) is 0 Å². The molecule has 0 unspecified atom stereocenters. The summed E-state index contributed by atoms with van der Waals surface area (Å²) in [5, 5.41) is 4.35. The number of pyridine rings is 1. The van der Waals surface area contributed by atoms with E-state index in [-0.39, 0.29) is 18.0 Å². The van der Waals surface area contributed by atoms with Crippen molar-refractivity contribution in [1.29, 1.82) is 0 Å². The SMILES string of the molecule is CO[C@@H]1CCN(c2cc(O[C@H](C)C3COC3)c3c(Nc4ccc5ncccc5c4F)ncnc3c2)C1. The maximum Gasteiger partial charge on any atom is 0.156 e. The van der Waals surface area contributed by atoms with Gasteiger partial charge >= 0.3 is 0 Å². The molecule has 186 valence electrons. The summed E-state index contributed by atoms with van der Waals surface area (Å²) in [6.45, 7) is 5.11. The summed E-state index contributed by atoms with van der Waals surface area (Å²) in [6.07, 6.45) is 4.25. The van der Waals surface area contributed by atoms with Crippen LogP contribution in [-0.4, -0.2) is 60.6 Å². The Morgan fingerprint density at radius 3 is 2.81 bits per heavy atom. The molecular weight excluding hydrogens is 461 g/mol. The molecule has 2 aromatic carbocycles. The van der Waals surface area contributed by atoms with Crippen molar-refractivity contribution in [2.75, 3.05) is 43.6 Å². The van der Waals surface area contributed by atoms with Gasteiger partial charge in [-0.3, -0.25) is 4.98 Å². The van der Waals surface area contributed by atoms with Gasteiger partial charge in [-0.15, -0.1) is 0 Å². The number of halogens is 1. The van der Waals surface area contributed by atoms with Crippen LogP contribution in [0.3, 0.4) is 0 Å². The van der Waals surface area contributed by atoms with Crippen LogP contribution in [0, 0.1) is 11.7 Å². The predicted octanol–water partition coefficient (Wildman–Crippen LogP) is 4.70. The molecule has 1 N–H and O–H groups in total. The van der Waals surface area contributed by atoms with Gasteiger partial charge in [-0.05, 0) is 43.7 Å². The Hall–Kier alpha value is -3.56. The number of nitrogens with zero attached hydrogens (tertiary/aromatic N) is 4. The highest BCUT2D eigenvalue weighted by molar-refractivity contribution is 5.98. The second kappa shape index (κ2) is 9.48. The van der Waals surface area contributed by atoms with E-state index in [1.165, 1.54) is 6.33 Å². The molecule has 0 spiro atoms. The number of anilines is 3. The van der Waals surface area contributed by atoms with E-state index in [9.17, 15) is 0 Å². The van der Waals surface area contributed by atoms with Gasteiger partial charge in [0.1, 0.15) is 24.0 Å². The standard InChI is InChI=1S/C27H28FN5O3/c1-16(17-13-35-14-17)36-24-11-18(33-9-7-19(12-33)34-2)10-23-25(24)27(31-15-30-23)32-22-6-5-21-20(26(22)28)4-3-8-29-21/h3-6,8,10-11,15-17,19H,7,9,12-14H2,1-2H3,(H,30,31,32)/t16-,19-/m1/s1. The lowest BCUT2D eigenvalue weighted by Gasteiger charge is -2.32. The van der Waals surface area contributed by atoms with Crippen LogP contribution in [-0.2, 0) is 9.47 Å². The summed E-state index contributed by atoms with van der Waals surface area (Å²) in [4.78, 5) is 15.6. The third-order valence-electron chi connectivity index (χ3n) is 7.14. The van der Waals surface area contributed by atoms with Crippen LogP contribution in [0.15, 0.2) is 48.9 Å². The number of ether oxygens (including phenoxy) is 3. The number of hydrogen-bond acceptors (Lipinski definition) is 8. The molecule has 8 nitrogen and oxygen atoms in total. The lowest BCUT2D eigenvalue weighted by Crippen LogP contribution is -2.39. The number of nitrogens with one attached hydrogen (secondary N) is 1. The van der Waals surface area contributed by atoms with Crippen molar-refractivity contribution in [2.24, 2.45) is 5.92 Å². The Morgan fingerprint density at radius 2 is 2.03 bits per heavy atom. The molecule has 6 rings (SSSR count). The highest BCUT2D eigenvalue weighted by Gasteiger charge is 2.29. The highest BCUT2D eigenvalue weighted by Crippen LogP contribution is 2.39. The maximum absolute atomic E-state index is 15.4. The Bertz CT molecular complexity index is 1410. The highest BCUT2D eigenvalue weighted by atomic mass is 19.1. The Labute approximate surface area is 208 Å².